The molecular formula is C16H24N2. The molecule has 2 fully saturated rings. The van der Waals surface area contributed by atoms with E-state index < -0.39 is 0 Å². The molecule has 0 atom stereocenters. The number of nitrogens with zero attached hydrogens (tertiary/aromatic N) is 1. The molecule has 0 spiro atoms. The molecule has 18 heavy (non-hydrogen) atoms. The smallest absolute Gasteiger partial charge is 0.0206 e. The third kappa shape index (κ3) is 3.82. The van der Waals surface area contributed by atoms with Crippen LogP contribution in [-0.2, 0) is 6.54 Å². The summed E-state index contributed by atoms with van der Waals surface area (Å²) in [5.74, 6) is 1.03. The Bertz CT molecular complexity index is 355. The molecule has 1 aromatic carbocycles. The summed E-state index contributed by atoms with van der Waals surface area (Å²) >= 11 is 0. The van der Waals surface area contributed by atoms with E-state index in [1.165, 1.54) is 44.3 Å². The van der Waals surface area contributed by atoms with Crippen LogP contribution in [0.25, 0.3) is 0 Å². The molecule has 0 radical (unpaired) electrons. The van der Waals surface area contributed by atoms with Crippen LogP contribution in [-0.4, -0.2) is 30.6 Å². The van der Waals surface area contributed by atoms with Gasteiger partial charge in [0.15, 0.2) is 0 Å². The molecule has 0 amide bonds. The van der Waals surface area contributed by atoms with Gasteiger partial charge in [0.2, 0.25) is 0 Å². The van der Waals surface area contributed by atoms with E-state index in [0.717, 1.165) is 25.0 Å². The molecule has 0 heterocycles. The van der Waals surface area contributed by atoms with Crippen LogP contribution in [0.4, 0.5) is 0 Å². The highest BCUT2D eigenvalue weighted by molar-refractivity contribution is 5.14. The van der Waals surface area contributed by atoms with Crippen LogP contribution in [0.3, 0.4) is 0 Å². The molecule has 3 rings (SSSR count). The number of rotatable bonds is 8. The van der Waals surface area contributed by atoms with Crippen LogP contribution in [0, 0.1) is 5.92 Å². The fraction of sp³-hybridized carbons (Fsp3) is 0.625. The lowest BCUT2D eigenvalue weighted by Crippen LogP contribution is -2.35. The van der Waals surface area contributed by atoms with E-state index in [9.17, 15) is 0 Å². The number of hydrogen-bond acceptors (Lipinski definition) is 2. The molecule has 0 aliphatic heterocycles. The first-order valence-electron chi connectivity index (χ1n) is 7.40. The van der Waals surface area contributed by atoms with Crippen LogP contribution in [0.1, 0.15) is 31.2 Å². The van der Waals surface area contributed by atoms with Crippen LogP contribution in [0.15, 0.2) is 30.3 Å². The first kappa shape index (κ1) is 12.2. The van der Waals surface area contributed by atoms with Crippen molar-refractivity contribution in [1.29, 1.82) is 0 Å². The molecule has 2 aliphatic carbocycles. The summed E-state index contributed by atoms with van der Waals surface area (Å²) in [5, 5.41) is 3.57. The monoisotopic (exact) mass is 244 g/mol. The zero-order valence-corrected chi connectivity index (χ0v) is 11.1. The summed E-state index contributed by atoms with van der Waals surface area (Å²) in [6.45, 7) is 4.71. The molecule has 2 heteroatoms. The maximum atomic E-state index is 3.57. The van der Waals surface area contributed by atoms with Gasteiger partial charge in [-0.3, -0.25) is 4.90 Å². The quantitative estimate of drug-likeness (QED) is 0.707. The van der Waals surface area contributed by atoms with Gasteiger partial charge in [-0.2, -0.15) is 0 Å². The predicted octanol–water partition coefficient (Wildman–Crippen LogP) is 2.65. The van der Waals surface area contributed by atoms with Crippen LogP contribution < -0.4 is 5.32 Å². The first-order valence-corrected chi connectivity index (χ1v) is 7.40. The number of nitrogens with one attached hydrogen (secondary N) is 1. The highest BCUT2D eigenvalue weighted by Gasteiger charge is 2.32. The molecule has 0 bridgehead atoms. The zero-order valence-electron chi connectivity index (χ0n) is 11.1. The van der Waals surface area contributed by atoms with Crippen molar-refractivity contribution in [2.75, 3.05) is 19.6 Å². The van der Waals surface area contributed by atoms with Gasteiger partial charge in [0.25, 0.3) is 0 Å². The summed E-state index contributed by atoms with van der Waals surface area (Å²) < 4.78 is 0. The fourth-order valence-corrected chi connectivity index (χ4v) is 2.55. The van der Waals surface area contributed by atoms with Crippen molar-refractivity contribution in [3.63, 3.8) is 0 Å². The number of hydrogen-bond donors (Lipinski definition) is 1. The summed E-state index contributed by atoms with van der Waals surface area (Å²) in [4.78, 5) is 2.72. The van der Waals surface area contributed by atoms with E-state index in [1.54, 1.807) is 0 Å². The Hall–Kier alpha value is -0.860. The second-order valence-corrected chi connectivity index (χ2v) is 5.83. The molecule has 1 aromatic rings. The minimum absolute atomic E-state index is 0.920. The van der Waals surface area contributed by atoms with E-state index in [1.807, 2.05) is 0 Å². The predicted molar refractivity (Wildman–Crippen MR) is 75.5 cm³/mol. The van der Waals surface area contributed by atoms with Gasteiger partial charge in [-0.1, -0.05) is 30.3 Å². The molecule has 2 saturated carbocycles. The molecule has 0 saturated heterocycles. The Kier molecular flexibility index (Phi) is 3.96. The molecule has 0 unspecified atom stereocenters. The Morgan fingerprint density at radius 3 is 2.50 bits per heavy atom. The van der Waals surface area contributed by atoms with E-state index >= 15 is 0 Å². The molecular weight excluding hydrogens is 220 g/mol. The zero-order chi connectivity index (χ0) is 12.2. The minimum Gasteiger partial charge on any atom is -0.311 e. The topological polar surface area (TPSA) is 15.3 Å². The molecule has 1 N–H and O–H groups in total. The van der Waals surface area contributed by atoms with Gasteiger partial charge in [-0.05, 0) is 37.2 Å². The van der Waals surface area contributed by atoms with Gasteiger partial charge in [0, 0.05) is 32.2 Å². The van der Waals surface area contributed by atoms with Crippen molar-refractivity contribution in [2.24, 2.45) is 5.92 Å². The highest BCUT2D eigenvalue weighted by atomic mass is 15.2. The first-order chi connectivity index (χ1) is 8.92. The van der Waals surface area contributed by atoms with Gasteiger partial charge < -0.3 is 5.32 Å². The number of benzene rings is 1. The lowest BCUT2D eigenvalue weighted by molar-refractivity contribution is 0.252. The van der Waals surface area contributed by atoms with Gasteiger partial charge >= 0.3 is 0 Å². The van der Waals surface area contributed by atoms with E-state index in [0.29, 0.717) is 0 Å². The van der Waals surface area contributed by atoms with Crippen LogP contribution in [0.2, 0.25) is 0 Å². The molecule has 0 aromatic heterocycles. The Balaban J connectivity index is 1.35. The highest BCUT2D eigenvalue weighted by Crippen LogP contribution is 2.34. The standard InChI is InChI=1S/C16H24N2/c1-2-4-14(5-3-1)12-17-10-11-18(16-8-9-16)13-15-6-7-15/h1-5,15-17H,6-13H2. The van der Waals surface area contributed by atoms with Crippen molar-refractivity contribution in [3.8, 4) is 0 Å². The van der Waals surface area contributed by atoms with E-state index in [-0.39, 0.29) is 0 Å². The largest absolute Gasteiger partial charge is 0.311 e. The lowest BCUT2D eigenvalue weighted by Gasteiger charge is -2.21. The van der Waals surface area contributed by atoms with Crippen LogP contribution in [0.5, 0.6) is 0 Å². The van der Waals surface area contributed by atoms with Crippen molar-refractivity contribution in [3.05, 3.63) is 35.9 Å². The third-order valence-corrected chi connectivity index (χ3v) is 4.00. The van der Waals surface area contributed by atoms with E-state index in [4.69, 9.17) is 0 Å². The van der Waals surface area contributed by atoms with Crippen molar-refractivity contribution in [1.82, 2.24) is 10.2 Å². The maximum absolute atomic E-state index is 3.57. The van der Waals surface area contributed by atoms with Crippen LogP contribution >= 0.6 is 0 Å². The van der Waals surface area contributed by atoms with Gasteiger partial charge in [0.1, 0.15) is 0 Å². The van der Waals surface area contributed by atoms with Crippen molar-refractivity contribution >= 4 is 0 Å². The summed E-state index contributed by atoms with van der Waals surface area (Å²) in [6.07, 6.45) is 5.82. The van der Waals surface area contributed by atoms with Crippen molar-refractivity contribution < 1.29 is 0 Å². The van der Waals surface area contributed by atoms with Gasteiger partial charge in [0.05, 0.1) is 0 Å². The molecule has 2 aliphatic rings. The molecule has 98 valence electrons. The Morgan fingerprint density at radius 2 is 1.83 bits per heavy atom. The normalized spacial score (nSPS) is 19.4. The summed E-state index contributed by atoms with van der Waals surface area (Å²) in [5.41, 5.74) is 1.39. The third-order valence-electron chi connectivity index (χ3n) is 4.00. The van der Waals surface area contributed by atoms with Gasteiger partial charge in [-0.25, -0.2) is 0 Å². The van der Waals surface area contributed by atoms with Crippen molar-refractivity contribution in [2.45, 2.75) is 38.3 Å². The SMILES string of the molecule is c1ccc(CNCCN(CC2CC2)C2CC2)cc1. The maximum Gasteiger partial charge on any atom is 0.0206 e. The summed E-state index contributed by atoms with van der Waals surface area (Å²) in [6, 6.07) is 11.6. The Morgan fingerprint density at radius 1 is 1.06 bits per heavy atom. The second-order valence-electron chi connectivity index (χ2n) is 5.83. The average molecular weight is 244 g/mol. The van der Waals surface area contributed by atoms with E-state index in [2.05, 4.69) is 40.5 Å². The lowest BCUT2D eigenvalue weighted by atomic mass is 10.2. The van der Waals surface area contributed by atoms with Gasteiger partial charge in [-0.15, -0.1) is 0 Å². The molecule has 2 nitrogen and oxygen atoms in total. The second kappa shape index (κ2) is 5.85. The summed E-state index contributed by atoms with van der Waals surface area (Å²) in [7, 11) is 0. The minimum atomic E-state index is 0.920. The average Bonchev–Trinajstić information content (AvgIpc) is 3.28. The Labute approximate surface area is 110 Å². The fourth-order valence-electron chi connectivity index (χ4n) is 2.55.